The number of rotatable bonds is 7. The van der Waals surface area contributed by atoms with Gasteiger partial charge in [0.25, 0.3) is 0 Å². The van der Waals surface area contributed by atoms with E-state index in [1.165, 1.54) is 23.9 Å². The van der Waals surface area contributed by atoms with E-state index < -0.39 is 0 Å². The summed E-state index contributed by atoms with van der Waals surface area (Å²) < 4.78 is 17.7. The number of hydrogen-bond donors (Lipinski definition) is 2. The van der Waals surface area contributed by atoms with Gasteiger partial charge in [-0.1, -0.05) is 0 Å². The van der Waals surface area contributed by atoms with E-state index in [1.807, 2.05) is 0 Å². The first-order chi connectivity index (χ1) is 8.63. The SMILES string of the molecule is COCCCNC(=O)CSc1ccc(F)cc1N. The lowest BCUT2D eigenvalue weighted by molar-refractivity contribution is -0.118. The molecule has 0 saturated carbocycles. The van der Waals surface area contributed by atoms with Crippen LogP contribution in [0.3, 0.4) is 0 Å². The van der Waals surface area contributed by atoms with Crippen molar-refractivity contribution < 1.29 is 13.9 Å². The number of halogens is 1. The number of benzene rings is 1. The second-order valence-corrected chi connectivity index (χ2v) is 4.68. The van der Waals surface area contributed by atoms with Gasteiger partial charge in [-0.25, -0.2) is 4.39 Å². The highest BCUT2D eigenvalue weighted by atomic mass is 32.2. The molecule has 18 heavy (non-hydrogen) atoms. The third-order valence-corrected chi connectivity index (χ3v) is 3.27. The van der Waals surface area contributed by atoms with Crippen LogP contribution in [0.4, 0.5) is 10.1 Å². The highest BCUT2D eigenvalue weighted by Gasteiger charge is 2.05. The molecule has 0 aliphatic rings. The summed E-state index contributed by atoms with van der Waals surface area (Å²) in [5.41, 5.74) is 5.99. The molecule has 0 fully saturated rings. The molecule has 0 bridgehead atoms. The van der Waals surface area contributed by atoms with E-state index in [4.69, 9.17) is 10.5 Å². The Balaban J connectivity index is 2.29. The third-order valence-electron chi connectivity index (χ3n) is 2.18. The molecule has 4 nitrogen and oxygen atoms in total. The van der Waals surface area contributed by atoms with Crippen LogP contribution in [-0.4, -0.2) is 31.9 Å². The van der Waals surface area contributed by atoms with E-state index in [1.54, 1.807) is 13.2 Å². The molecule has 0 unspecified atom stereocenters. The zero-order chi connectivity index (χ0) is 13.4. The molecule has 1 amide bonds. The number of methoxy groups -OCH3 is 1. The summed E-state index contributed by atoms with van der Waals surface area (Å²) >= 11 is 1.29. The molecule has 1 aromatic carbocycles. The quantitative estimate of drug-likeness (QED) is 0.450. The molecule has 6 heteroatoms. The molecule has 0 aliphatic heterocycles. The molecule has 1 rings (SSSR count). The van der Waals surface area contributed by atoms with Crippen LogP contribution in [-0.2, 0) is 9.53 Å². The number of ether oxygens (including phenoxy) is 1. The highest BCUT2D eigenvalue weighted by molar-refractivity contribution is 8.00. The Hall–Kier alpha value is -1.27. The molecule has 0 radical (unpaired) electrons. The van der Waals surface area contributed by atoms with E-state index in [0.717, 1.165) is 6.42 Å². The number of nitrogens with two attached hydrogens (primary N) is 1. The van der Waals surface area contributed by atoms with Crippen LogP contribution in [0.5, 0.6) is 0 Å². The molecular weight excluding hydrogens is 255 g/mol. The van der Waals surface area contributed by atoms with Gasteiger partial charge in [0.05, 0.1) is 5.75 Å². The number of nitrogen functional groups attached to an aromatic ring is 1. The summed E-state index contributed by atoms with van der Waals surface area (Å²) in [6.45, 7) is 1.21. The smallest absolute Gasteiger partial charge is 0.230 e. The van der Waals surface area contributed by atoms with Gasteiger partial charge in [0.2, 0.25) is 5.91 Å². The van der Waals surface area contributed by atoms with Crippen molar-refractivity contribution in [2.24, 2.45) is 0 Å². The largest absolute Gasteiger partial charge is 0.398 e. The molecule has 0 atom stereocenters. The van der Waals surface area contributed by atoms with Gasteiger partial charge in [0.1, 0.15) is 5.82 Å². The first-order valence-electron chi connectivity index (χ1n) is 5.57. The van der Waals surface area contributed by atoms with E-state index in [-0.39, 0.29) is 17.5 Å². The Kier molecular flexibility index (Phi) is 6.53. The Morgan fingerprint density at radius 3 is 3.00 bits per heavy atom. The van der Waals surface area contributed by atoms with Crippen molar-refractivity contribution in [2.45, 2.75) is 11.3 Å². The Morgan fingerprint density at radius 1 is 1.56 bits per heavy atom. The fourth-order valence-electron chi connectivity index (χ4n) is 1.29. The maximum Gasteiger partial charge on any atom is 0.230 e. The normalized spacial score (nSPS) is 10.3. The number of carbonyl (C=O) groups is 1. The van der Waals surface area contributed by atoms with Crippen molar-refractivity contribution in [1.82, 2.24) is 5.32 Å². The minimum absolute atomic E-state index is 0.0696. The first-order valence-corrected chi connectivity index (χ1v) is 6.55. The van der Waals surface area contributed by atoms with Crippen molar-refractivity contribution in [3.63, 3.8) is 0 Å². The average Bonchev–Trinajstić information content (AvgIpc) is 2.33. The molecule has 100 valence electrons. The van der Waals surface area contributed by atoms with E-state index >= 15 is 0 Å². The average molecular weight is 272 g/mol. The summed E-state index contributed by atoms with van der Waals surface area (Å²) in [7, 11) is 1.62. The molecule has 0 aliphatic carbocycles. The number of carbonyl (C=O) groups excluding carboxylic acids is 1. The first kappa shape index (κ1) is 14.8. The van der Waals surface area contributed by atoms with Gasteiger partial charge < -0.3 is 15.8 Å². The maximum atomic E-state index is 12.8. The zero-order valence-electron chi connectivity index (χ0n) is 10.2. The predicted molar refractivity (Wildman–Crippen MR) is 71.0 cm³/mol. The molecule has 0 spiro atoms. The number of thioether (sulfide) groups is 1. The molecule has 0 aromatic heterocycles. The summed E-state index contributed by atoms with van der Waals surface area (Å²) in [6, 6.07) is 4.15. The van der Waals surface area contributed by atoms with E-state index in [0.29, 0.717) is 23.7 Å². The summed E-state index contributed by atoms with van der Waals surface area (Å²) in [6.07, 6.45) is 0.783. The van der Waals surface area contributed by atoms with Crippen LogP contribution in [0.25, 0.3) is 0 Å². The van der Waals surface area contributed by atoms with Gasteiger partial charge in [0.15, 0.2) is 0 Å². The zero-order valence-corrected chi connectivity index (χ0v) is 11.1. The maximum absolute atomic E-state index is 12.8. The Labute approximate surface area is 110 Å². The van der Waals surface area contributed by atoms with Crippen LogP contribution in [0.15, 0.2) is 23.1 Å². The number of amides is 1. The van der Waals surface area contributed by atoms with Crippen LogP contribution < -0.4 is 11.1 Å². The fraction of sp³-hybridized carbons (Fsp3) is 0.417. The lowest BCUT2D eigenvalue weighted by Gasteiger charge is -2.06. The number of nitrogens with one attached hydrogen (secondary N) is 1. The van der Waals surface area contributed by atoms with Crippen molar-refractivity contribution in [1.29, 1.82) is 0 Å². The molecule has 0 heterocycles. The summed E-state index contributed by atoms with van der Waals surface area (Å²) in [4.78, 5) is 12.2. The predicted octanol–water partition coefficient (Wildman–Crippen LogP) is 1.65. The van der Waals surface area contributed by atoms with E-state index in [9.17, 15) is 9.18 Å². The molecule has 0 saturated heterocycles. The van der Waals surface area contributed by atoms with Gasteiger partial charge in [-0.2, -0.15) is 0 Å². The van der Waals surface area contributed by atoms with Crippen molar-refractivity contribution in [2.75, 3.05) is 31.7 Å². The van der Waals surface area contributed by atoms with Gasteiger partial charge in [-0.15, -0.1) is 11.8 Å². The molecule has 3 N–H and O–H groups in total. The van der Waals surface area contributed by atoms with Crippen LogP contribution in [0.1, 0.15) is 6.42 Å². The minimum atomic E-state index is -0.374. The lowest BCUT2D eigenvalue weighted by Crippen LogP contribution is -2.26. The van der Waals surface area contributed by atoms with Gasteiger partial charge in [-0.05, 0) is 24.6 Å². The molecular formula is C12H17FN2O2S. The number of anilines is 1. The van der Waals surface area contributed by atoms with Crippen LogP contribution in [0, 0.1) is 5.82 Å². The topological polar surface area (TPSA) is 64.3 Å². The Morgan fingerprint density at radius 2 is 2.33 bits per heavy atom. The second-order valence-electron chi connectivity index (χ2n) is 3.67. The molecule has 1 aromatic rings. The monoisotopic (exact) mass is 272 g/mol. The lowest BCUT2D eigenvalue weighted by atomic mass is 10.3. The van der Waals surface area contributed by atoms with Crippen molar-refractivity contribution in [3.05, 3.63) is 24.0 Å². The van der Waals surface area contributed by atoms with Crippen LogP contribution in [0.2, 0.25) is 0 Å². The fourth-order valence-corrected chi connectivity index (χ4v) is 2.07. The van der Waals surface area contributed by atoms with E-state index in [2.05, 4.69) is 5.32 Å². The third kappa shape index (κ3) is 5.37. The van der Waals surface area contributed by atoms with Gasteiger partial charge in [-0.3, -0.25) is 4.79 Å². The van der Waals surface area contributed by atoms with Crippen LogP contribution >= 0.6 is 11.8 Å². The highest BCUT2D eigenvalue weighted by Crippen LogP contribution is 2.25. The minimum Gasteiger partial charge on any atom is -0.398 e. The number of hydrogen-bond acceptors (Lipinski definition) is 4. The summed E-state index contributed by atoms with van der Waals surface area (Å²) in [5, 5.41) is 2.76. The van der Waals surface area contributed by atoms with Gasteiger partial charge >= 0.3 is 0 Å². The Bertz CT molecular complexity index is 402. The van der Waals surface area contributed by atoms with Gasteiger partial charge in [0, 0.05) is 30.8 Å². The van der Waals surface area contributed by atoms with Crippen molar-refractivity contribution >= 4 is 23.4 Å². The standard InChI is InChI=1S/C12H17FN2O2S/c1-17-6-2-5-15-12(16)8-18-11-4-3-9(13)7-10(11)14/h3-4,7H,2,5-6,8,14H2,1H3,(H,15,16). The van der Waals surface area contributed by atoms with Crippen molar-refractivity contribution in [3.8, 4) is 0 Å². The summed E-state index contributed by atoms with van der Waals surface area (Å²) in [5.74, 6) is -0.177. The second kappa shape index (κ2) is 7.94.